The van der Waals surface area contributed by atoms with Crippen molar-refractivity contribution in [2.24, 2.45) is 7.05 Å². The number of hydrogen-bond donors (Lipinski definition) is 1. The average Bonchev–Trinajstić information content (AvgIpc) is 3.02. The van der Waals surface area contributed by atoms with Gasteiger partial charge in [-0.1, -0.05) is 17.7 Å². The summed E-state index contributed by atoms with van der Waals surface area (Å²) in [6, 6.07) is 16.2. The van der Waals surface area contributed by atoms with Crippen LogP contribution in [0, 0.1) is 0 Å². The number of methoxy groups -OCH3 is 1. The minimum Gasteiger partial charge on any atom is -0.496 e. The van der Waals surface area contributed by atoms with Crippen LogP contribution in [0.3, 0.4) is 0 Å². The van der Waals surface area contributed by atoms with Gasteiger partial charge in [-0.15, -0.1) is 0 Å². The SMILES string of the molecule is COc1ccc(C(=O)Nc2nc3cc(Cl)ccc3n2C)cc1-c1ccccn1. The number of amides is 1. The van der Waals surface area contributed by atoms with Crippen molar-refractivity contribution in [3.63, 3.8) is 0 Å². The summed E-state index contributed by atoms with van der Waals surface area (Å²) in [5.74, 6) is 0.814. The van der Waals surface area contributed by atoms with Crippen LogP contribution in [0.5, 0.6) is 5.75 Å². The lowest BCUT2D eigenvalue weighted by Gasteiger charge is -2.11. The lowest BCUT2D eigenvalue weighted by atomic mass is 10.1. The molecule has 0 saturated heterocycles. The number of anilines is 1. The van der Waals surface area contributed by atoms with Gasteiger partial charge in [0, 0.05) is 29.4 Å². The van der Waals surface area contributed by atoms with E-state index in [2.05, 4.69) is 15.3 Å². The van der Waals surface area contributed by atoms with Crippen LogP contribution in [0.1, 0.15) is 10.4 Å². The summed E-state index contributed by atoms with van der Waals surface area (Å²) in [4.78, 5) is 21.7. The Morgan fingerprint density at radius 2 is 2.00 bits per heavy atom. The Bertz CT molecular complexity index is 1170. The Labute approximate surface area is 166 Å². The van der Waals surface area contributed by atoms with E-state index in [1.807, 2.05) is 35.9 Å². The van der Waals surface area contributed by atoms with Crippen LogP contribution in [0.2, 0.25) is 5.02 Å². The second-order valence-corrected chi connectivity index (χ2v) is 6.65. The lowest BCUT2D eigenvalue weighted by Crippen LogP contribution is -2.15. The summed E-state index contributed by atoms with van der Waals surface area (Å²) in [5.41, 5.74) is 3.54. The fourth-order valence-electron chi connectivity index (χ4n) is 3.03. The van der Waals surface area contributed by atoms with Crippen molar-refractivity contribution in [3.8, 4) is 17.0 Å². The molecule has 2 aromatic heterocycles. The molecule has 140 valence electrons. The Morgan fingerprint density at radius 3 is 2.75 bits per heavy atom. The van der Waals surface area contributed by atoms with E-state index in [0.717, 1.165) is 16.8 Å². The number of pyridine rings is 1. The lowest BCUT2D eigenvalue weighted by molar-refractivity contribution is 0.102. The maximum absolute atomic E-state index is 12.8. The second-order valence-electron chi connectivity index (χ2n) is 6.21. The van der Waals surface area contributed by atoms with E-state index in [4.69, 9.17) is 16.3 Å². The zero-order chi connectivity index (χ0) is 19.7. The first-order valence-corrected chi connectivity index (χ1v) is 8.97. The highest BCUT2D eigenvalue weighted by atomic mass is 35.5. The summed E-state index contributed by atoms with van der Waals surface area (Å²) in [6.45, 7) is 0. The van der Waals surface area contributed by atoms with E-state index in [0.29, 0.717) is 27.8 Å². The van der Waals surface area contributed by atoms with E-state index in [1.54, 1.807) is 43.6 Å². The third kappa shape index (κ3) is 3.30. The predicted octanol–water partition coefficient (Wildman–Crippen LogP) is 4.55. The van der Waals surface area contributed by atoms with E-state index >= 15 is 0 Å². The first-order chi connectivity index (χ1) is 13.6. The molecular formula is C21H17ClN4O2. The average molecular weight is 393 g/mol. The molecule has 0 fully saturated rings. The molecule has 4 rings (SSSR count). The molecule has 6 nitrogen and oxygen atoms in total. The van der Waals surface area contributed by atoms with Gasteiger partial charge in [-0.25, -0.2) is 4.98 Å². The number of hydrogen-bond acceptors (Lipinski definition) is 4. The first kappa shape index (κ1) is 18.0. The smallest absolute Gasteiger partial charge is 0.257 e. The van der Waals surface area contributed by atoms with Crippen LogP contribution >= 0.6 is 11.6 Å². The molecule has 0 unspecified atom stereocenters. The van der Waals surface area contributed by atoms with Crippen molar-refractivity contribution in [3.05, 3.63) is 71.4 Å². The number of ether oxygens (including phenoxy) is 1. The Kier molecular flexibility index (Phi) is 4.71. The van der Waals surface area contributed by atoms with Gasteiger partial charge in [0.2, 0.25) is 5.95 Å². The molecule has 0 aliphatic rings. The summed E-state index contributed by atoms with van der Waals surface area (Å²) in [5, 5.41) is 3.46. The van der Waals surface area contributed by atoms with Gasteiger partial charge in [-0.3, -0.25) is 15.1 Å². The third-order valence-corrected chi connectivity index (χ3v) is 4.71. The fourth-order valence-corrected chi connectivity index (χ4v) is 3.20. The summed E-state index contributed by atoms with van der Waals surface area (Å²) in [6.07, 6.45) is 1.70. The van der Waals surface area contributed by atoms with Crippen LogP contribution in [-0.2, 0) is 7.05 Å². The molecule has 1 N–H and O–H groups in total. The van der Waals surface area contributed by atoms with Gasteiger partial charge >= 0.3 is 0 Å². The Balaban J connectivity index is 1.68. The zero-order valence-corrected chi connectivity index (χ0v) is 16.1. The number of benzene rings is 2. The molecule has 0 atom stereocenters. The highest BCUT2D eigenvalue weighted by Crippen LogP contribution is 2.30. The van der Waals surface area contributed by atoms with Crippen molar-refractivity contribution >= 4 is 34.5 Å². The number of aromatic nitrogens is 3. The van der Waals surface area contributed by atoms with E-state index in [9.17, 15) is 4.79 Å². The molecule has 0 aliphatic heterocycles. The number of nitrogens with one attached hydrogen (secondary N) is 1. The van der Waals surface area contributed by atoms with Gasteiger partial charge < -0.3 is 9.30 Å². The quantitative estimate of drug-likeness (QED) is 0.553. The van der Waals surface area contributed by atoms with Crippen LogP contribution in [-0.4, -0.2) is 27.6 Å². The number of halogens is 1. The van der Waals surface area contributed by atoms with Gasteiger partial charge in [0.25, 0.3) is 5.91 Å². The molecule has 0 saturated carbocycles. The fraction of sp³-hybridized carbons (Fsp3) is 0.0952. The van der Waals surface area contributed by atoms with Crippen molar-refractivity contribution < 1.29 is 9.53 Å². The van der Waals surface area contributed by atoms with Crippen molar-refractivity contribution in [1.29, 1.82) is 0 Å². The van der Waals surface area contributed by atoms with Crippen LogP contribution < -0.4 is 10.1 Å². The van der Waals surface area contributed by atoms with Crippen molar-refractivity contribution in [2.45, 2.75) is 0 Å². The molecule has 0 spiro atoms. The zero-order valence-electron chi connectivity index (χ0n) is 15.3. The second kappa shape index (κ2) is 7.32. The number of nitrogens with zero attached hydrogens (tertiary/aromatic N) is 3. The number of imidazole rings is 1. The Hall–Kier alpha value is -3.38. The number of fused-ring (bicyclic) bond motifs is 1. The standard InChI is InChI=1S/C21H17ClN4O2/c1-26-18-8-7-14(22)12-17(18)24-21(26)25-20(27)13-6-9-19(28-2)15(11-13)16-5-3-4-10-23-16/h3-12H,1-2H3,(H,24,25,27). The minimum absolute atomic E-state index is 0.274. The van der Waals surface area contributed by atoms with Crippen molar-refractivity contribution in [2.75, 3.05) is 12.4 Å². The predicted molar refractivity (Wildman–Crippen MR) is 110 cm³/mol. The maximum atomic E-state index is 12.8. The molecule has 0 radical (unpaired) electrons. The van der Waals surface area contributed by atoms with E-state index < -0.39 is 0 Å². The Morgan fingerprint density at radius 1 is 1.14 bits per heavy atom. The summed E-state index contributed by atoms with van der Waals surface area (Å²) >= 11 is 6.03. The topological polar surface area (TPSA) is 69.0 Å². The highest BCUT2D eigenvalue weighted by Gasteiger charge is 2.15. The molecule has 1 amide bonds. The monoisotopic (exact) mass is 392 g/mol. The van der Waals surface area contributed by atoms with Gasteiger partial charge in [0.1, 0.15) is 5.75 Å². The third-order valence-electron chi connectivity index (χ3n) is 4.47. The van der Waals surface area contributed by atoms with E-state index in [-0.39, 0.29) is 5.91 Å². The molecule has 28 heavy (non-hydrogen) atoms. The normalized spacial score (nSPS) is 10.8. The van der Waals surface area contributed by atoms with Gasteiger partial charge in [-0.05, 0) is 48.5 Å². The van der Waals surface area contributed by atoms with Crippen LogP contribution in [0.4, 0.5) is 5.95 Å². The molecule has 0 aliphatic carbocycles. The van der Waals surface area contributed by atoms with Gasteiger partial charge in [0.15, 0.2) is 0 Å². The van der Waals surface area contributed by atoms with E-state index in [1.165, 1.54) is 0 Å². The summed E-state index contributed by atoms with van der Waals surface area (Å²) < 4.78 is 7.23. The van der Waals surface area contributed by atoms with Crippen LogP contribution in [0.25, 0.3) is 22.3 Å². The molecule has 4 aromatic rings. The first-order valence-electron chi connectivity index (χ1n) is 8.59. The number of aryl methyl sites for hydroxylation is 1. The van der Waals surface area contributed by atoms with Gasteiger partial charge in [-0.2, -0.15) is 0 Å². The summed E-state index contributed by atoms with van der Waals surface area (Å²) in [7, 11) is 3.43. The van der Waals surface area contributed by atoms with Gasteiger partial charge in [0.05, 0.1) is 23.8 Å². The largest absolute Gasteiger partial charge is 0.496 e. The molecule has 7 heteroatoms. The highest BCUT2D eigenvalue weighted by molar-refractivity contribution is 6.31. The molecule has 2 aromatic carbocycles. The molecular weight excluding hydrogens is 376 g/mol. The van der Waals surface area contributed by atoms with Crippen LogP contribution in [0.15, 0.2) is 60.8 Å². The number of rotatable bonds is 4. The molecule has 2 heterocycles. The minimum atomic E-state index is -0.274. The maximum Gasteiger partial charge on any atom is 0.257 e. The number of carbonyl (C=O) groups excluding carboxylic acids is 1. The molecule has 0 bridgehead atoms. The number of carbonyl (C=O) groups is 1. The van der Waals surface area contributed by atoms with Crippen molar-refractivity contribution in [1.82, 2.24) is 14.5 Å².